The molecular formula is C17H20N2O4. The maximum atomic E-state index is 11.8. The van der Waals surface area contributed by atoms with Gasteiger partial charge in [0.05, 0.1) is 6.26 Å². The Hall–Kier alpha value is -2.76. The van der Waals surface area contributed by atoms with Crippen molar-refractivity contribution in [1.82, 2.24) is 10.6 Å². The maximum absolute atomic E-state index is 11.8. The van der Waals surface area contributed by atoms with Crippen molar-refractivity contribution in [2.24, 2.45) is 0 Å². The third-order valence-corrected chi connectivity index (χ3v) is 3.17. The van der Waals surface area contributed by atoms with Gasteiger partial charge < -0.3 is 19.5 Å². The smallest absolute Gasteiger partial charge is 0.287 e. The van der Waals surface area contributed by atoms with Crippen LogP contribution in [-0.4, -0.2) is 24.9 Å². The van der Waals surface area contributed by atoms with Crippen LogP contribution in [0.5, 0.6) is 0 Å². The van der Waals surface area contributed by atoms with Crippen LogP contribution in [0.1, 0.15) is 34.1 Å². The molecule has 0 saturated carbocycles. The van der Waals surface area contributed by atoms with E-state index in [9.17, 15) is 9.59 Å². The van der Waals surface area contributed by atoms with E-state index in [4.69, 9.17) is 8.83 Å². The zero-order valence-corrected chi connectivity index (χ0v) is 13.2. The van der Waals surface area contributed by atoms with Crippen molar-refractivity contribution in [3.63, 3.8) is 0 Å². The van der Waals surface area contributed by atoms with Gasteiger partial charge in [-0.15, -0.1) is 0 Å². The lowest BCUT2D eigenvalue weighted by molar-refractivity contribution is -0.116. The predicted molar refractivity (Wildman–Crippen MR) is 85.9 cm³/mol. The Bertz CT molecular complexity index is 697. The second-order valence-corrected chi connectivity index (χ2v) is 5.11. The molecule has 0 spiro atoms. The fourth-order valence-corrected chi connectivity index (χ4v) is 1.95. The summed E-state index contributed by atoms with van der Waals surface area (Å²) in [6.07, 6.45) is 5.15. The Morgan fingerprint density at radius 1 is 1.13 bits per heavy atom. The molecule has 0 fully saturated rings. The highest BCUT2D eigenvalue weighted by atomic mass is 16.3. The first-order valence-electron chi connectivity index (χ1n) is 7.41. The number of nitrogens with one attached hydrogen (secondary N) is 2. The average molecular weight is 316 g/mol. The minimum Gasteiger partial charge on any atom is -0.462 e. The second kappa shape index (κ2) is 8.03. The van der Waals surface area contributed by atoms with Crippen LogP contribution in [0.25, 0.3) is 6.08 Å². The second-order valence-electron chi connectivity index (χ2n) is 5.11. The number of rotatable bonds is 7. The van der Waals surface area contributed by atoms with Crippen molar-refractivity contribution in [3.05, 3.63) is 53.4 Å². The lowest BCUT2D eigenvalue weighted by atomic mass is 10.2. The summed E-state index contributed by atoms with van der Waals surface area (Å²) in [6.45, 7) is 4.58. The number of amides is 2. The fourth-order valence-electron chi connectivity index (χ4n) is 1.95. The summed E-state index contributed by atoms with van der Waals surface area (Å²) in [4.78, 5) is 23.4. The molecule has 0 saturated heterocycles. The van der Waals surface area contributed by atoms with Crippen molar-refractivity contribution in [2.45, 2.75) is 20.3 Å². The van der Waals surface area contributed by atoms with Gasteiger partial charge >= 0.3 is 0 Å². The van der Waals surface area contributed by atoms with Gasteiger partial charge in [-0.05, 0) is 44.5 Å². The third kappa shape index (κ3) is 5.18. The molecule has 2 heterocycles. The van der Waals surface area contributed by atoms with Crippen LogP contribution in [-0.2, 0) is 4.79 Å². The maximum Gasteiger partial charge on any atom is 0.287 e. The molecule has 0 aliphatic carbocycles. The minimum atomic E-state index is -0.244. The third-order valence-electron chi connectivity index (χ3n) is 3.17. The van der Waals surface area contributed by atoms with Crippen molar-refractivity contribution in [2.75, 3.05) is 13.1 Å². The van der Waals surface area contributed by atoms with Crippen LogP contribution in [0.2, 0.25) is 0 Å². The Kier molecular flexibility index (Phi) is 5.80. The lowest BCUT2D eigenvalue weighted by Crippen LogP contribution is -2.29. The normalized spacial score (nSPS) is 10.9. The molecule has 0 bridgehead atoms. The molecule has 2 aromatic rings. The predicted octanol–water partition coefficient (Wildman–Crippen LogP) is 2.44. The van der Waals surface area contributed by atoms with Gasteiger partial charge in [0, 0.05) is 24.7 Å². The lowest BCUT2D eigenvalue weighted by Gasteiger charge is -2.04. The van der Waals surface area contributed by atoms with E-state index in [2.05, 4.69) is 10.6 Å². The van der Waals surface area contributed by atoms with E-state index >= 15 is 0 Å². The molecule has 2 N–H and O–H groups in total. The SMILES string of the molecule is Cc1ccc(/C=C\C(=O)NCCCNC(=O)c2occc2C)o1. The molecule has 2 amide bonds. The molecule has 0 unspecified atom stereocenters. The molecule has 6 nitrogen and oxygen atoms in total. The van der Waals surface area contributed by atoms with Crippen LogP contribution in [0.3, 0.4) is 0 Å². The van der Waals surface area contributed by atoms with E-state index in [1.165, 1.54) is 12.3 Å². The van der Waals surface area contributed by atoms with Crippen LogP contribution < -0.4 is 10.6 Å². The van der Waals surface area contributed by atoms with Gasteiger partial charge in [-0.2, -0.15) is 0 Å². The molecule has 0 atom stereocenters. The van der Waals surface area contributed by atoms with Gasteiger partial charge in [-0.1, -0.05) is 0 Å². The highest BCUT2D eigenvalue weighted by Gasteiger charge is 2.11. The van der Waals surface area contributed by atoms with Crippen molar-refractivity contribution in [1.29, 1.82) is 0 Å². The van der Waals surface area contributed by atoms with E-state index in [1.54, 1.807) is 18.2 Å². The van der Waals surface area contributed by atoms with Gasteiger partial charge in [0.2, 0.25) is 5.91 Å². The first kappa shape index (κ1) is 16.6. The van der Waals surface area contributed by atoms with E-state index < -0.39 is 0 Å². The van der Waals surface area contributed by atoms with Gasteiger partial charge in [-0.3, -0.25) is 9.59 Å². The number of carbonyl (C=O) groups excluding carboxylic acids is 2. The molecule has 122 valence electrons. The number of hydrogen-bond acceptors (Lipinski definition) is 4. The summed E-state index contributed by atoms with van der Waals surface area (Å²) in [6, 6.07) is 5.37. The fraction of sp³-hybridized carbons (Fsp3) is 0.294. The quantitative estimate of drug-likeness (QED) is 0.607. The standard InChI is InChI=1S/C17H20N2O4/c1-12-8-11-22-16(12)17(21)19-10-3-9-18-15(20)7-6-14-5-4-13(2)23-14/h4-8,11H,3,9-10H2,1-2H3,(H,18,20)(H,19,21)/b7-6-. The van der Waals surface area contributed by atoms with Crippen LogP contribution >= 0.6 is 0 Å². The minimum absolute atomic E-state index is 0.202. The summed E-state index contributed by atoms with van der Waals surface area (Å²) in [7, 11) is 0. The molecule has 23 heavy (non-hydrogen) atoms. The first-order chi connectivity index (χ1) is 11.1. The number of aryl methyl sites for hydroxylation is 2. The molecule has 0 radical (unpaired) electrons. The largest absolute Gasteiger partial charge is 0.462 e. The summed E-state index contributed by atoms with van der Waals surface area (Å²) in [5, 5.41) is 5.48. The molecule has 0 aliphatic rings. The van der Waals surface area contributed by atoms with Gasteiger partial charge in [0.1, 0.15) is 11.5 Å². The summed E-state index contributed by atoms with van der Waals surface area (Å²) < 4.78 is 10.4. The zero-order chi connectivity index (χ0) is 16.7. The van der Waals surface area contributed by atoms with E-state index in [0.29, 0.717) is 31.0 Å². The Morgan fingerprint density at radius 2 is 1.91 bits per heavy atom. The van der Waals surface area contributed by atoms with Crippen molar-refractivity contribution < 1.29 is 18.4 Å². The first-order valence-corrected chi connectivity index (χ1v) is 7.41. The van der Waals surface area contributed by atoms with Gasteiger partial charge in [0.15, 0.2) is 5.76 Å². The number of hydrogen-bond donors (Lipinski definition) is 2. The summed E-state index contributed by atoms with van der Waals surface area (Å²) >= 11 is 0. The number of furan rings is 2. The molecule has 0 aromatic carbocycles. The van der Waals surface area contributed by atoms with Crippen LogP contribution in [0.15, 0.2) is 39.4 Å². The summed E-state index contributed by atoms with van der Waals surface area (Å²) in [5.41, 5.74) is 0.800. The van der Waals surface area contributed by atoms with Crippen molar-refractivity contribution >= 4 is 17.9 Å². The highest BCUT2D eigenvalue weighted by Crippen LogP contribution is 2.08. The van der Waals surface area contributed by atoms with Crippen LogP contribution in [0.4, 0.5) is 0 Å². The van der Waals surface area contributed by atoms with E-state index in [0.717, 1.165) is 11.3 Å². The number of carbonyl (C=O) groups is 2. The monoisotopic (exact) mass is 316 g/mol. The van der Waals surface area contributed by atoms with Crippen LogP contribution in [0, 0.1) is 13.8 Å². The Labute approximate surface area is 134 Å². The van der Waals surface area contributed by atoms with Gasteiger partial charge in [-0.25, -0.2) is 0 Å². The summed E-state index contributed by atoms with van der Waals surface area (Å²) in [5.74, 6) is 1.32. The molecule has 2 rings (SSSR count). The Morgan fingerprint density at radius 3 is 2.57 bits per heavy atom. The molecule has 0 aliphatic heterocycles. The molecule has 6 heteroatoms. The van der Waals surface area contributed by atoms with E-state index in [1.807, 2.05) is 19.9 Å². The van der Waals surface area contributed by atoms with Gasteiger partial charge in [0.25, 0.3) is 5.91 Å². The van der Waals surface area contributed by atoms with Crippen molar-refractivity contribution in [3.8, 4) is 0 Å². The van der Waals surface area contributed by atoms with E-state index in [-0.39, 0.29) is 11.8 Å². The molecule has 2 aromatic heterocycles. The zero-order valence-electron chi connectivity index (χ0n) is 13.2. The topological polar surface area (TPSA) is 84.5 Å². The Balaban J connectivity index is 1.62. The average Bonchev–Trinajstić information content (AvgIpc) is 3.13. The highest BCUT2D eigenvalue weighted by molar-refractivity contribution is 5.92. The molecular weight excluding hydrogens is 296 g/mol.